The first kappa shape index (κ1) is 27.0. The number of rotatable bonds is 4. The molecule has 0 unspecified atom stereocenters. The summed E-state index contributed by atoms with van der Waals surface area (Å²) in [6, 6.07) is 0.326. The van der Waals surface area contributed by atoms with Gasteiger partial charge in [0.2, 0.25) is 5.91 Å². The Morgan fingerprint density at radius 2 is 1.33 bits per heavy atom. The van der Waals surface area contributed by atoms with Gasteiger partial charge in [-0.25, -0.2) is 0 Å². The zero-order valence-electron chi connectivity index (χ0n) is 20.4. The van der Waals surface area contributed by atoms with E-state index in [0.717, 1.165) is 19.3 Å². The molecule has 200 valence electrons. The van der Waals surface area contributed by atoms with Crippen LogP contribution in [-0.2, 0) is 17.1 Å². The lowest BCUT2D eigenvalue weighted by Gasteiger charge is -2.57. The van der Waals surface area contributed by atoms with Gasteiger partial charge in [0.15, 0.2) is 5.11 Å². The van der Waals surface area contributed by atoms with E-state index in [1.165, 1.54) is 19.3 Å². The Hall–Kier alpha value is -2.04. The predicted octanol–water partition coefficient (Wildman–Crippen LogP) is 6.51. The molecule has 0 radical (unpaired) electrons. The number of carbonyl (C=O) groups excluding carboxylic acids is 1. The molecule has 4 nitrogen and oxygen atoms in total. The molecule has 4 fully saturated rings. The van der Waals surface area contributed by atoms with Gasteiger partial charge >= 0.3 is 12.4 Å². The molecule has 0 saturated heterocycles. The van der Waals surface area contributed by atoms with E-state index >= 15 is 0 Å². The Balaban J connectivity index is 1.50. The molecule has 0 spiro atoms. The number of hydrogen-bond acceptors (Lipinski definition) is 2. The number of carbonyl (C=O) groups is 1. The average Bonchev–Trinajstić information content (AvgIpc) is 2.68. The van der Waals surface area contributed by atoms with Crippen LogP contribution in [0.5, 0.6) is 0 Å². The fourth-order valence-electron chi connectivity index (χ4n) is 6.60. The number of alkyl halides is 6. The number of benzene rings is 1. The van der Waals surface area contributed by atoms with Crippen molar-refractivity contribution < 1.29 is 31.1 Å². The van der Waals surface area contributed by atoms with Crippen molar-refractivity contribution in [1.29, 1.82) is 0 Å². The lowest BCUT2D eigenvalue weighted by Crippen LogP contribution is -2.64. The minimum absolute atomic E-state index is 0.0541. The van der Waals surface area contributed by atoms with Crippen LogP contribution in [0.25, 0.3) is 0 Å². The first-order valence-electron chi connectivity index (χ1n) is 12.1. The summed E-state index contributed by atoms with van der Waals surface area (Å²) in [5, 5.41) is 8.31. The third kappa shape index (κ3) is 5.92. The molecule has 4 aliphatic rings. The Kier molecular flexibility index (Phi) is 6.80. The van der Waals surface area contributed by atoms with Crippen molar-refractivity contribution in [3.05, 3.63) is 29.3 Å². The second-order valence-corrected chi connectivity index (χ2v) is 12.3. The summed E-state index contributed by atoms with van der Waals surface area (Å²) in [4.78, 5) is 13.5. The van der Waals surface area contributed by atoms with Crippen molar-refractivity contribution in [2.75, 3.05) is 5.32 Å². The van der Waals surface area contributed by atoms with Gasteiger partial charge in [0.1, 0.15) is 6.04 Å². The zero-order chi connectivity index (χ0) is 26.7. The van der Waals surface area contributed by atoms with E-state index in [2.05, 4.69) is 16.0 Å². The van der Waals surface area contributed by atoms with Crippen LogP contribution in [0.2, 0.25) is 0 Å². The van der Waals surface area contributed by atoms with Gasteiger partial charge in [0, 0.05) is 11.2 Å². The summed E-state index contributed by atoms with van der Waals surface area (Å²) in [5.41, 5.74) is -4.26. The highest BCUT2D eigenvalue weighted by atomic mass is 32.1. The van der Waals surface area contributed by atoms with Crippen molar-refractivity contribution in [3.8, 4) is 0 Å². The first-order chi connectivity index (χ1) is 16.4. The van der Waals surface area contributed by atoms with Gasteiger partial charge in [0.25, 0.3) is 0 Å². The largest absolute Gasteiger partial charge is 0.416 e. The van der Waals surface area contributed by atoms with Crippen LogP contribution in [0, 0.1) is 23.2 Å². The van der Waals surface area contributed by atoms with Gasteiger partial charge in [-0.1, -0.05) is 20.8 Å². The van der Waals surface area contributed by atoms with Gasteiger partial charge in [-0.3, -0.25) is 4.79 Å². The average molecular weight is 536 g/mol. The lowest BCUT2D eigenvalue weighted by atomic mass is 9.53. The van der Waals surface area contributed by atoms with Gasteiger partial charge < -0.3 is 16.0 Å². The van der Waals surface area contributed by atoms with Crippen LogP contribution in [-0.4, -0.2) is 22.6 Å². The maximum absolute atomic E-state index is 13.5. The monoisotopic (exact) mass is 535 g/mol. The molecule has 4 saturated carbocycles. The number of amides is 1. The zero-order valence-corrected chi connectivity index (χ0v) is 21.2. The molecule has 1 aromatic carbocycles. The van der Waals surface area contributed by atoms with Crippen molar-refractivity contribution in [3.63, 3.8) is 0 Å². The highest BCUT2D eigenvalue weighted by Crippen LogP contribution is 2.55. The van der Waals surface area contributed by atoms with E-state index in [4.69, 9.17) is 12.2 Å². The molecule has 0 heterocycles. The Bertz CT molecular complexity index is 963. The number of anilines is 1. The summed E-state index contributed by atoms with van der Waals surface area (Å²) >= 11 is 5.23. The van der Waals surface area contributed by atoms with E-state index in [1.54, 1.807) is 0 Å². The highest BCUT2D eigenvalue weighted by molar-refractivity contribution is 7.80. The molecule has 36 heavy (non-hydrogen) atoms. The molecule has 11 heteroatoms. The standard InChI is InChI=1S/C25H31F6N3OS/c1-22(2,3)19(20(35)34-23-10-13-4-14(11-23)6-15(5-13)12-23)33-21(36)32-18-8-16(24(26,27)28)7-17(9-18)25(29,30)31/h7-9,13-15,19H,4-6,10-12H2,1-3H3,(H,34,35)(H2,32,33,36)/t13?,14?,15?,19-,23?/m1/s1. The minimum Gasteiger partial charge on any atom is -0.350 e. The number of hydrogen-bond donors (Lipinski definition) is 3. The second kappa shape index (κ2) is 9.06. The molecule has 0 aromatic heterocycles. The van der Waals surface area contributed by atoms with E-state index in [-0.39, 0.29) is 22.6 Å². The maximum Gasteiger partial charge on any atom is 0.416 e. The van der Waals surface area contributed by atoms with Crippen molar-refractivity contribution in [1.82, 2.24) is 10.6 Å². The van der Waals surface area contributed by atoms with Crippen LogP contribution >= 0.6 is 12.2 Å². The predicted molar refractivity (Wildman–Crippen MR) is 128 cm³/mol. The summed E-state index contributed by atoms with van der Waals surface area (Å²) in [6.07, 6.45) is -3.50. The van der Waals surface area contributed by atoms with Gasteiger partial charge in [-0.2, -0.15) is 26.3 Å². The first-order valence-corrected chi connectivity index (χ1v) is 12.5. The lowest BCUT2D eigenvalue weighted by molar-refractivity contribution is -0.143. The third-order valence-electron chi connectivity index (χ3n) is 7.68. The summed E-state index contributed by atoms with van der Waals surface area (Å²) in [6.45, 7) is 5.45. The molecule has 4 aliphatic carbocycles. The molecule has 4 bridgehead atoms. The highest BCUT2D eigenvalue weighted by Gasteiger charge is 2.52. The van der Waals surface area contributed by atoms with Crippen LogP contribution in [0.1, 0.15) is 70.4 Å². The van der Waals surface area contributed by atoms with Crippen LogP contribution < -0.4 is 16.0 Å². The molecule has 3 N–H and O–H groups in total. The summed E-state index contributed by atoms with van der Waals surface area (Å²) in [5.74, 6) is 1.57. The fourth-order valence-corrected chi connectivity index (χ4v) is 6.83. The molecule has 1 atom stereocenters. The fraction of sp³-hybridized carbons (Fsp3) is 0.680. The summed E-state index contributed by atoms with van der Waals surface area (Å²) < 4.78 is 79.2. The van der Waals surface area contributed by atoms with Gasteiger partial charge in [0.05, 0.1) is 11.1 Å². The van der Waals surface area contributed by atoms with Crippen molar-refractivity contribution in [2.24, 2.45) is 23.2 Å². The Labute approximate surface area is 212 Å². The molecule has 1 amide bonds. The summed E-state index contributed by atoms with van der Waals surface area (Å²) in [7, 11) is 0. The number of thiocarbonyl (C=S) groups is 1. The van der Waals surface area contributed by atoms with Crippen LogP contribution in [0.15, 0.2) is 18.2 Å². The van der Waals surface area contributed by atoms with E-state index in [9.17, 15) is 31.1 Å². The third-order valence-corrected chi connectivity index (χ3v) is 7.90. The quantitative estimate of drug-likeness (QED) is 0.304. The smallest absolute Gasteiger partial charge is 0.350 e. The Morgan fingerprint density at radius 3 is 1.72 bits per heavy atom. The number of halogens is 6. The molecule has 1 aromatic rings. The van der Waals surface area contributed by atoms with E-state index in [0.29, 0.717) is 29.9 Å². The Morgan fingerprint density at radius 1 is 0.889 bits per heavy atom. The normalized spacial score (nSPS) is 28.5. The molecular formula is C25H31F6N3OS. The second-order valence-electron chi connectivity index (χ2n) is 11.9. The van der Waals surface area contributed by atoms with Crippen LogP contribution in [0.4, 0.5) is 32.0 Å². The molecular weight excluding hydrogens is 504 g/mol. The molecule has 5 rings (SSSR count). The van der Waals surface area contributed by atoms with E-state index < -0.39 is 40.6 Å². The topological polar surface area (TPSA) is 53.2 Å². The number of nitrogens with one attached hydrogen (secondary N) is 3. The van der Waals surface area contributed by atoms with Crippen molar-refractivity contribution >= 4 is 28.9 Å². The van der Waals surface area contributed by atoms with Crippen molar-refractivity contribution in [2.45, 2.75) is 83.2 Å². The SMILES string of the molecule is CC(C)(C)[C@H](NC(=S)Nc1cc(C(F)(F)F)cc(C(F)(F)F)c1)C(=O)NC12CC3CC(CC(C3)C1)C2. The molecule has 0 aliphatic heterocycles. The van der Waals surface area contributed by atoms with Gasteiger partial charge in [-0.05, 0) is 92.1 Å². The minimum atomic E-state index is -4.97. The maximum atomic E-state index is 13.5. The van der Waals surface area contributed by atoms with E-state index in [1.807, 2.05) is 20.8 Å². The van der Waals surface area contributed by atoms with Crippen LogP contribution in [0.3, 0.4) is 0 Å². The van der Waals surface area contributed by atoms with Gasteiger partial charge in [-0.15, -0.1) is 0 Å².